The van der Waals surface area contributed by atoms with E-state index in [9.17, 15) is 19.8 Å². The van der Waals surface area contributed by atoms with E-state index >= 15 is 0 Å². The number of ether oxygens (including phenoxy) is 2. The van der Waals surface area contributed by atoms with Gasteiger partial charge < -0.3 is 24.1 Å². The molecular weight excluding hydrogens is 420 g/mol. The summed E-state index contributed by atoms with van der Waals surface area (Å²) < 4.78 is 15.7. The molecule has 0 saturated carbocycles. The van der Waals surface area contributed by atoms with Crippen molar-refractivity contribution in [1.82, 2.24) is 0 Å². The van der Waals surface area contributed by atoms with Crippen LogP contribution >= 0.6 is 11.8 Å². The lowest BCUT2D eigenvalue weighted by Crippen LogP contribution is -2.14. The molecule has 31 heavy (non-hydrogen) atoms. The molecule has 162 valence electrons. The van der Waals surface area contributed by atoms with E-state index in [-0.39, 0.29) is 23.7 Å². The summed E-state index contributed by atoms with van der Waals surface area (Å²) in [6.07, 6.45) is -0.200. The van der Waals surface area contributed by atoms with Crippen molar-refractivity contribution in [3.63, 3.8) is 0 Å². The number of rotatable bonds is 8. The first kappa shape index (κ1) is 22.3. The molecule has 0 aliphatic carbocycles. The summed E-state index contributed by atoms with van der Waals surface area (Å²) in [5.74, 6) is -1.26. The second-order valence-corrected chi connectivity index (χ2v) is 7.70. The Morgan fingerprint density at radius 2 is 1.84 bits per heavy atom. The molecule has 0 spiro atoms. The SMILES string of the molecule is COC(=O)CC(c1ccc(OC)c(O)c1)c1oc(CSc2ccccc2)cc(=O)c1O. The van der Waals surface area contributed by atoms with E-state index in [0.717, 1.165) is 4.90 Å². The first-order chi connectivity index (χ1) is 14.9. The highest BCUT2D eigenvalue weighted by Crippen LogP contribution is 2.37. The fraction of sp³-hybridized carbons (Fsp3) is 0.217. The van der Waals surface area contributed by atoms with Gasteiger partial charge in [-0.1, -0.05) is 24.3 Å². The second-order valence-electron chi connectivity index (χ2n) is 6.66. The highest BCUT2D eigenvalue weighted by atomic mass is 32.2. The molecule has 0 fully saturated rings. The van der Waals surface area contributed by atoms with Gasteiger partial charge in [0.1, 0.15) is 5.76 Å². The summed E-state index contributed by atoms with van der Waals surface area (Å²) in [6, 6.07) is 15.4. The van der Waals surface area contributed by atoms with Crippen molar-refractivity contribution in [3.05, 3.63) is 81.9 Å². The van der Waals surface area contributed by atoms with E-state index in [4.69, 9.17) is 13.9 Å². The van der Waals surface area contributed by atoms with E-state index in [1.807, 2.05) is 30.3 Å². The molecule has 0 bridgehead atoms. The summed E-state index contributed by atoms with van der Waals surface area (Å²) in [6.45, 7) is 0. The summed E-state index contributed by atoms with van der Waals surface area (Å²) in [5.41, 5.74) is -0.160. The van der Waals surface area contributed by atoms with Crippen LogP contribution in [0.5, 0.6) is 17.2 Å². The molecule has 0 saturated heterocycles. The highest BCUT2D eigenvalue weighted by molar-refractivity contribution is 7.98. The quantitative estimate of drug-likeness (QED) is 0.398. The Bertz CT molecular complexity index is 1110. The molecule has 7 nitrogen and oxygen atoms in total. The van der Waals surface area contributed by atoms with Gasteiger partial charge in [-0.3, -0.25) is 9.59 Å². The first-order valence-corrected chi connectivity index (χ1v) is 10.4. The Balaban J connectivity index is 2.01. The van der Waals surface area contributed by atoms with E-state index < -0.39 is 23.1 Å². The van der Waals surface area contributed by atoms with Crippen molar-refractivity contribution in [2.45, 2.75) is 23.0 Å². The van der Waals surface area contributed by atoms with Crippen molar-refractivity contribution in [1.29, 1.82) is 0 Å². The summed E-state index contributed by atoms with van der Waals surface area (Å²) >= 11 is 1.47. The minimum absolute atomic E-state index is 0.0638. The average Bonchev–Trinajstić information content (AvgIpc) is 2.78. The second kappa shape index (κ2) is 10.1. The van der Waals surface area contributed by atoms with Gasteiger partial charge in [0.2, 0.25) is 11.2 Å². The Morgan fingerprint density at radius 3 is 2.48 bits per heavy atom. The molecule has 0 radical (unpaired) electrons. The number of aromatic hydroxyl groups is 2. The third kappa shape index (κ3) is 5.40. The van der Waals surface area contributed by atoms with Gasteiger partial charge in [0.15, 0.2) is 17.3 Å². The molecule has 1 heterocycles. The number of benzene rings is 2. The predicted octanol–water partition coefficient (Wildman–Crippen LogP) is 4.05. The smallest absolute Gasteiger partial charge is 0.306 e. The molecular formula is C23H22O7S. The summed E-state index contributed by atoms with van der Waals surface area (Å²) in [5, 5.41) is 20.6. The van der Waals surface area contributed by atoms with Gasteiger partial charge in [0.05, 0.1) is 32.3 Å². The average molecular weight is 442 g/mol. The van der Waals surface area contributed by atoms with Crippen LogP contribution in [0.3, 0.4) is 0 Å². The van der Waals surface area contributed by atoms with Crippen LogP contribution in [0.1, 0.15) is 29.4 Å². The van der Waals surface area contributed by atoms with Crippen molar-refractivity contribution in [3.8, 4) is 17.2 Å². The lowest BCUT2D eigenvalue weighted by molar-refractivity contribution is -0.140. The lowest BCUT2D eigenvalue weighted by Gasteiger charge is -2.18. The third-order valence-electron chi connectivity index (χ3n) is 4.64. The van der Waals surface area contributed by atoms with E-state index in [2.05, 4.69) is 0 Å². The number of phenols is 1. The number of esters is 1. The molecule has 1 unspecified atom stereocenters. The maximum absolute atomic E-state index is 12.4. The van der Waals surface area contributed by atoms with Gasteiger partial charge in [0.25, 0.3) is 0 Å². The zero-order valence-electron chi connectivity index (χ0n) is 17.0. The highest BCUT2D eigenvalue weighted by Gasteiger charge is 2.27. The Morgan fingerprint density at radius 1 is 1.10 bits per heavy atom. The minimum atomic E-state index is -0.848. The maximum atomic E-state index is 12.4. The van der Waals surface area contributed by atoms with Crippen LogP contribution in [0.2, 0.25) is 0 Å². The normalized spacial score (nSPS) is 11.7. The van der Waals surface area contributed by atoms with E-state index in [1.165, 1.54) is 44.2 Å². The molecule has 8 heteroatoms. The number of thioether (sulfide) groups is 1. The van der Waals surface area contributed by atoms with Crippen LogP contribution < -0.4 is 10.2 Å². The number of phenolic OH excluding ortho intramolecular Hbond substituents is 1. The van der Waals surface area contributed by atoms with Crippen LogP contribution in [-0.2, 0) is 15.3 Å². The fourth-order valence-electron chi connectivity index (χ4n) is 3.07. The lowest BCUT2D eigenvalue weighted by atomic mass is 9.92. The molecule has 3 aromatic rings. The van der Waals surface area contributed by atoms with Crippen molar-refractivity contribution in [2.75, 3.05) is 14.2 Å². The van der Waals surface area contributed by atoms with Crippen LogP contribution in [0.25, 0.3) is 0 Å². The number of hydrogen-bond donors (Lipinski definition) is 2. The zero-order chi connectivity index (χ0) is 22.4. The first-order valence-electron chi connectivity index (χ1n) is 9.40. The zero-order valence-corrected chi connectivity index (χ0v) is 17.8. The van der Waals surface area contributed by atoms with E-state index in [0.29, 0.717) is 17.1 Å². The predicted molar refractivity (Wildman–Crippen MR) is 116 cm³/mol. The summed E-state index contributed by atoms with van der Waals surface area (Å²) in [7, 11) is 2.66. The molecule has 1 atom stereocenters. The van der Waals surface area contributed by atoms with Crippen LogP contribution in [0.4, 0.5) is 0 Å². The standard InChI is InChI=1S/C23H22O7S/c1-28-20-9-8-14(10-18(20)24)17(12-21(26)29-2)23-22(27)19(25)11-15(30-23)13-31-16-6-4-3-5-7-16/h3-11,17,24,27H,12-13H2,1-2H3. The van der Waals surface area contributed by atoms with Gasteiger partial charge in [0, 0.05) is 11.0 Å². The van der Waals surface area contributed by atoms with Crippen LogP contribution in [-0.4, -0.2) is 30.4 Å². The Hall–Kier alpha value is -3.39. The molecule has 2 aromatic carbocycles. The maximum Gasteiger partial charge on any atom is 0.306 e. The molecule has 0 amide bonds. The van der Waals surface area contributed by atoms with Crippen LogP contribution in [0.15, 0.2) is 68.7 Å². The number of carbonyl (C=O) groups excluding carboxylic acids is 1. The van der Waals surface area contributed by atoms with Crippen molar-refractivity contribution in [2.24, 2.45) is 0 Å². The topological polar surface area (TPSA) is 106 Å². The monoisotopic (exact) mass is 442 g/mol. The van der Waals surface area contributed by atoms with Gasteiger partial charge in [-0.2, -0.15) is 0 Å². The number of hydrogen-bond acceptors (Lipinski definition) is 8. The molecule has 0 aliphatic rings. The van der Waals surface area contributed by atoms with Gasteiger partial charge in [-0.15, -0.1) is 11.8 Å². The Kier molecular flexibility index (Phi) is 7.25. The number of carbonyl (C=O) groups is 1. The third-order valence-corrected chi connectivity index (χ3v) is 5.68. The fourth-order valence-corrected chi connectivity index (χ4v) is 3.87. The molecule has 1 aromatic heterocycles. The minimum Gasteiger partial charge on any atom is -0.504 e. The molecule has 2 N–H and O–H groups in total. The molecule has 3 rings (SSSR count). The van der Waals surface area contributed by atoms with Gasteiger partial charge in [-0.05, 0) is 29.8 Å². The van der Waals surface area contributed by atoms with Crippen molar-refractivity contribution >= 4 is 17.7 Å². The van der Waals surface area contributed by atoms with E-state index in [1.54, 1.807) is 6.07 Å². The number of methoxy groups -OCH3 is 2. The Labute approximate surface area is 183 Å². The molecule has 0 aliphatic heterocycles. The van der Waals surface area contributed by atoms with Gasteiger partial charge in [-0.25, -0.2) is 0 Å². The van der Waals surface area contributed by atoms with Crippen LogP contribution in [0, 0.1) is 0 Å². The van der Waals surface area contributed by atoms with Gasteiger partial charge >= 0.3 is 5.97 Å². The summed E-state index contributed by atoms with van der Waals surface area (Å²) in [4.78, 5) is 25.5. The largest absolute Gasteiger partial charge is 0.504 e. The van der Waals surface area contributed by atoms with Crippen molar-refractivity contribution < 1.29 is 28.9 Å².